The number of nitrogens with zero attached hydrogens (tertiary/aromatic N) is 2. The van der Waals surface area contributed by atoms with Crippen molar-refractivity contribution >= 4 is 22.4 Å². The molecule has 1 N–H and O–H groups in total. The molecule has 0 saturated heterocycles. The summed E-state index contributed by atoms with van der Waals surface area (Å²) in [7, 11) is 1.57. The zero-order chi connectivity index (χ0) is 18.9. The highest BCUT2D eigenvalue weighted by molar-refractivity contribution is 7.15. The van der Waals surface area contributed by atoms with E-state index in [1.54, 1.807) is 31.4 Å². The number of methoxy groups -OCH3 is 1. The van der Waals surface area contributed by atoms with Gasteiger partial charge in [-0.25, -0.2) is 0 Å². The van der Waals surface area contributed by atoms with E-state index < -0.39 is 0 Å². The molecule has 0 bridgehead atoms. The summed E-state index contributed by atoms with van der Waals surface area (Å²) in [6.07, 6.45) is 0.614. The number of ether oxygens (including phenoxy) is 3. The van der Waals surface area contributed by atoms with Gasteiger partial charge in [0.2, 0.25) is 5.13 Å². The number of carbonyl (C=O) groups is 1. The first-order valence-electron chi connectivity index (χ1n) is 8.30. The van der Waals surface area contributed by atoms with Crippen molar-refractivity contribution in [1.29, 1.82) is 0 Å². The Bertz CT molecular complexity index is 870. The first-order chi connectivity index (χ1) is 13.2. The molecule has 8 heteroatoms. The average Bonchev–Trinajstić information content (AvgIpc) is 3.14. The lowest BCUT2D eigenvalue weighted by Crippen LogP contribution is -2.20. The molecule has 0 unspecified atom stereocenters. The van der Waals surface area contributed by atoms with Gasteiger partial charge in [0.15, 0.2) is 6.61 Å². The molecule has 0 spiro atoms. The van der Waals surface area contributed by atoms with Gasteiger partial charge in [-0.2, -0.15) is 0 Å². The molecule has 140 valence electrons. The fourth-order valence-corrected chi connectivity index (χ4v) is 2.91. The largest absolute Gasteiger partial charge is 0.497 e. The van der Waals surface area contributed by atoms with Crippen molar-refractivity contribution in [1.82, 2.24) is 10.2 Å². The zero-order valence-corrected chi connectivity index (χ0v) is 15.6. The summed E-state index contributed by atoms with van der Waals surface area (Å²) in [6.45, 7) is 0.366. The number of nitrogens with one attached hydrogen (secondary N) is 1. The van der Waals surface area contributed by atoms with E-state index in [1.807, 2.05) is 30.3 Å². The van der Waals surface area contributed by atoms with Gasteiger partial charge in [0.25, 0.3) is 5.91 Å². The van der Waals surface area contributed by atoms with Crippen molar-refractivity contribution in [3.63, 3.8) is 0 Å². The Kier molecular flexibility index (Phi) is 6.59. The van der Waals surface area contributed by atoms with Crippen molar-refractivity contribution in [2.45, 2.75) is 6.42 Å². The van der Waals surface area contributed by atoms with E-state index in [4.69, 9.17) is 14.2 Å². The van der Waals surface area contributed by atoms with E-state index in [0.717, 1.165) is 10.8 Å². The minimum Gasteiger partial charge on any atom is -0.497 e. The Balaban J connectivity index is 1.42. The van der Waals surface area contributed by atoms with Gasteiger partial charge in [-0.3, -0.25) is 10.1 Å². The lowest BCUT2D eigenvalue weighted by molar-refractivity contribution is -0.118. The molecule has 0 saturated carbocycles. The van der Waals surface area contributed by atoms with Crippen LogP contribution in [-0.2, 0) is 11.2 Å². The molecule has 1 amide bonds. The van der Waals surface area contributed by atoms with Crippen molar-refractivity contribution in [3.05, 3.63) is 59.6 Å². The number of benzene rings is 2. The second-order valence-corrected chi connectivity index (χ2v) is 6.49. The molecule has 1 aromatic heterocycles. The first-order valence-corrected chi connectivity index (χ1v) is 9.11. The van der Waals surface area contributed by atoms with Crippen LogP contribution in [0.1, 0.15) is 5.01 Å². The molecule has 3 rings (SSSR count). The Morgan fingerprint density at radius 2 is 1.78 bits per heavy atom. The van der Waals surface area contributed by atoms with Crippen LogP contribution in [0.15, 0.2) is 54.6 Å². The molecule has 3 aromatic rings. The highest BCUT2D eigenvalue weighted by Crippen LogP contribution is 2.19. The van der Waals surface area contributed by atoms with Gasteiger partial charge in [-0.1, -0.05) is 35.6 Å². The zero-order valence-electron chi connectivity index (χ0n) is 14.8. The summed E-state index contributed by atoms with van der Waals surface area (Å²) in [4.78, 5) is 12.0. The predicted molar refractivity (Wildman–Crippen MR) is 103 cm³/mol. The van der Waals surface area contributed by atoms with Gasteiger partial charge < -0.3 is 14.2 Å². The molecule has 0 radical (unpaired) electrons. The fourth-order valence-electron chi connectivity index (χ4n) is 2.17. The SMILES string of the molecule is COc1cccc(OCC(=O)Nc2nnc(CCOc3ccccc3)s2)c1. The van der Waals surface area contributed by atoms with Crippen LogP contribution >= 0.6 is 11.3 Å². The third-order valence-corrected chi connectivity index (χ3v) is 4.35. The molecule has 0 atom stereocenters. The van der Waals surface area contributed by atoms with Crippen molar-refractivity contribution in [2.24, 2.45) is 0 Å². The Labute approximate surface area is 160 Å². The number of hydrogen-bond donors (Lipinski definition) is 1. The van der Waals surface area contributed by atoms with E-state index in [2.05, 4.69) is 15.5 Å². The highest BCUT2D eigenvalue weighted by atomic mass is 32.1. The molecule has 27 heavy (non-hydrogen) atoms. The van der Waals surface area contributed by atoms with Gasteiger partial charge in [-0.15, -0.1) is 10.2 Å². The molecule has 2 aromatic carbocycles. The molecule has 0 aliphatic heterocycles. The maximum atomic E-state index is 12.0. The summed E-state index contributed by atoms with van der Waals surface area (Å²) in [5.74, 6) is 1.73. The quantitative estimate of drug-likeness (QED) is 0.609. The molecule has 0 aliphatic carbocycles. The molecular formula is C19H19N3O4S. The second kappa shape index (κ2) is 9.54. The Hall–Kier alpha value is -3.13. The molecule has 7 nitrogen and oxygen atoms in total. The van der Waals surface area contributed by atoms with Gasteiger partial charge in [0.1, 0.15) is 22.3 Å². The minimum absolute atomic E-state index is 0.126. The fraction of sp³-hybridized carbons (Fsp3) is 0.211. The Morgan fingerprint density at radius 3 is 2.59 bits per heavy atom. The van der Waals surface area contributed by atoms with Crippen LogP contribution in [0, 0.1) is 0 Å². The van der Waals surface area contributed by atoms with Gasteiger partial charge >= 0.3 is 0 Å². The molecule has 0 fully saturated rings. The molecule has 0 aliphatic rings. The number of aromatic nitrogens is 2. The number of carbonyl (C=O) groups excluding carboxylic acids is 1. The predicted octanol–water partition coefficient (Wildman–Crippen LogP) is 3.19. The van der Waals surface area contributed by atoms with E-state index in [-0.39, 0.29) is 12.5 Å². The summed E-state index contributed by atoms with van der Waals surface area (Å²) in [5, 5.41) is 11.9. The number of hydrogen-bond acceptors (Lipinski definition) is 7. The number of amides is 1. The maximum Gasteiger partial charge on any atom is 0.264 e. The molecular weight excluding hydrogens is 366 g/mol. The van der Waals surface area contributed by atoms with Crippen molar-refractivity contribution < 1.29 is 19.0 Å². The smallest absolute Gasteiger partial charge is 0.264 e. The average molecular weight is 385 g/mol. The van der Waals surface area contributed by atoms with E-state index in [1.165, 1.54) is 11.3 Å². The summed E-state index contributed by atoms with van der Waals surface area (Å²) in [6, 6.07) is 16.6. The van der Waals surface area contributed by atoms with Crippen LogP contribution in [0.4, 0.5) is 5.13 Å². The van der Waals surface area contributed by atoms with Crippen LogP contribution in [-0.4, -0.2) is 36.4 Å². The van der Waals surface area contributed by atoms with Gasteiger partial charge in [0.05, 0.1) is 13.7 Å². The highest BCUT2D eigenvalue weighted by Gasteiger charge is 2.09. The third-order valence-electron chi connectivity index (χ3n) is 3.45. The van der Waals surface area contributed by atoms with Gasteiger partial charge in [0, 0.05) is 12.5 Å². The minimum atomic E-state index is -0.305. The summed E-state index contributed by atoms with van der Waals surface area (Å²) < 4.78 is 16.2. The van der Waals surface area contributed by atoms with Crippen LogP contribution in [0.3, 0.4) is 0 Å². The van der Waals surface area contributed by atoms with E-state index in [0.29, 0.717) is 29.7 Å². The van der Waals surface area contributed by atoms with Crippen LogP contribution in [0.2, 0.25) is 0 Å². The Morgan fingerprint density at radius 1 is 1.00 bits per heavy atom. The van der Waals surface area contributed by atoms with E-state index >= 15 is 0 Å². The first kappa shape index (κ1) is 18.7. The van der Waals surface area contributed by atoms with Crippen LogP contribution < -0.4 is 19.5 Å². The third kappa shape index (κ3) is 5.96. The maximum absolute atomic E-state index is 12.0. The van der Waals surface area contributed by atoms with Crippen LogP contribution in [0.25, 0.3) is 0 Å². The van der Waals surface area contributed by atoms with E-state index in [9.17, 15) is 4.79 Å². The second-order valence-electron chi connectivity index (χ2n) is 5.43. The van der Waals surface area contributed by atoms with Crippen molar-refractivity contribution in [3.8, 4) is 17.2 Å². The summed E-state index contributed by atoms with van der Waals surface area (Å²) in [5.41, 5.74) is 0. The lowest BCUT2D eigenvalue weighted by Gasteiger charge is -2.07. The van der Waals surface area contributed by atoms with Gasteiger partial charge in [-0.05, 0) is 24.3 Å². The molecule has 1 heterocycles. The van der Waals surface area contributed by atoms with Crippen LogP contribution in [0.5, 0.6) is 17.2 Å². The standard InChI is InChI=1S/C19H19N3O4S/c1-24-15-8-5-9-16(12-15)26-13-17(23)20-19-22-21-18(27-19)10-11-25-14-6-3-2-4-7-14/h2-9,12H,10-11,13H2,1H3,(H,20,22,23). The topological polar surface area (TPSA) is 82.6 Å². The lowest BCUT2D eigenvalue weighted by atomic mass is 10.3. The van der Waals surface area contributed by atoms with Crippen molar-refractivity contribution in [2.75, 3.05) is 25.6 Å². The number of anilines is 1. The number of para-hydroxylation sites is 1. The number of rotatable bonds is 9. The monoisotopic (exact) mass is 385 g/mol. The normalized spacial score (nSPS) is 10.3. The summed E-state index contributed by atoms with van der Waals surface area (Å²) >= 11 is 1.31.